The number of nitrogens with zero attached hydrogens (tertiary/aromatic N) is 1. The van der Waals surface area contributed by atoms with Crippen LogP contribution >= 0.6 is 11.6 Å². The van der Waals surface area contributed by atoms with Gasteiger partial charge in [-0.05, 0) is 6.07 Å². The zero-order chi connectivity index (χ0) is 11.9. The summed E-state index contributed by atoms with van der Waals surface area (Å²) in [6, 6.07) is 1.81. The number of halogens is 3. The normalized spacial score (nSPS) is 10.7. The number of rotatable bonds is 1. The summed E-state index contributed by atoms with van der Waals surface area (Å²) in [6.07, 6.45) is 0. The van der Waals surface area contributed by atoms with Gasteiger partial charge in [-0.1, -0.05) is 16.8 Å². The minimum absolute atomic E-state index is 0.0887. The first-order valence-electron chi connectivity index (χ1n) is 4.09. The topological polar surface area (TPSA) is 72.3 Å². The Hall–Kier alpha value is -1.82. The van der Waals surface area contributed by atoms with E-state index in [9.17, 15) is 13.9 Å². The largest absolute Gasteiger partial charge is 0.506 e. The number of aromatic hydroxyl groups is 1. The number of benzene rings is 1. The summed E-state index contributed by atoms with van der Waals surface area (Å²) in [6.45, 7) is 0. The van der Waals surface area contributed by atoms with Gasteiger partial charge in [0.1, 0.15) is 11.4 Å². The van der Waals surface area contributed by atoms with E-state index in [-0.39, 0.29) is 16.6 Å². The van der Waals surface area contributed by atoms with Crippen molar-refractivity contribution in [2.75, 3.05) is 5.73 Å². The molecule has 0 atom stereocenters. The van der Waals surface area contributed by atoms with Crippen molar-refractivity contribution < 1.29 is 18.4 Å². The molecule has 1 heterocycles. The van der Waals surface area contributed by atoms with E-state index in [0.717, 1.165) is 6.07 Å². The quantitative estimate of drug-likeness (QED) is 0.759. The van der Waals surface area contributed by atoms with Gasteiger partial charge < -0.3 is 15.4 Å². The van der Waals surface area contributed by atoms with Gasteiger partial charge in [0, 0.05) is 6.07 Å². The second-order valence-corrected chi connectivity index (χ2v) is 3.40. The number of hydrogen-bond donors (Lipinski definition) is 2. The van der Waals surface area contributed by atoms with Gasteiger partial charge in [-0.25, -0.2) is 8.78 Å². The lowest BCUT2D eigenvalue weighted by molar-refractivity contribution is 0.433. The number of aromatic nitrogens is 1. The van der Waals surface area contributed by atoms with Gasteiger partial charge >= 0.3 is 0 Å². The Balaban J connectivity index is 2.73. The molecule has 0 fully saturated rings. The van der Waals surface area contributed by atoms with Crippen molar-refractivity contribution in [2.24, 2.45) is 0 Å². The number of hydrogen-bond acceptors (Lipinski definition) is 4. The summed E-state index contributed by atoms with van der Waals surface area (Å²) in [4.78, 5) is 0. The zero-order valence-electron chi connectivity index (χ0n) is 7.67. The average molecular weight is 247 g/mol. The summed E-state index contributed by atoms with van der Waals surface area (Å²) in [5, 5.41) is 12.5. The van der Waals surface area contributed by atoms with Crippen molar-refractivity contribution >= 4 is 17.5 Å². The van der Waals surface area contributed by atoms with E-state index in [1.54, 1.807) is 0 Å². The van der Waals surface area contributed by atoms with Crippen molar-refractivity contribution in [3.63, 3.8) is 0 Å². The number of phenols is 1. The molecule has 0 radical (unpaired) electrons. The molecule has 1 aromatic heterocycles. The van der Waals surface area contributed by atoms with Gasteiger partial charge in [-0.15, -0.1) is 0 Å². The Morgan fingerprint density at radius 1 is 1.38 bits per heavy atom. The summed E-state index contributed by atoms with van der Waals surface area (Å²) >= 11 is 5.50. The molecule has 16 heavy (non-hydrogen) atoms. The second kappa shape index (κ2) is 3.64. The first-order valence-corrected chi connectivity index (χ1v) is 4.47. The van der Waals surface area contributed by atoms with Crippen LogP contribution in [0.25, 0.3) is 11.3 Å². The number of phenolic OH excluding ortho intramolecular Hbond substituents is 1. The Bertz CT molecular complexity index is 530. The molecule has 0 aliphatic carbocycles. The fraction of sp³-hybridized carbons (Fsp3) is 0. The molecular weight excluding hydrogens is 242 g/mol. The van der Waals surface area contributed by atoms with Crippen molar-refractivity contribution in [1.82, 2.24) is 5.16 Å². The molecule has 7 heteroatoms. The molecule has 3 N–H and O–H groups in total. The van der Waals surface area contributed by atoms with Gasteiger partial charge in [0.05, 0.1) is 10.6 Å². The van der Waals surface area contributed by atoms with Gasteiger partial charge in [-0.3, -0.25) is 0 Å². The van der Waals surface area contributed by atoms with E-state index >= 15 is 0 Å². The first kappa shape index (κ1) is 10.7. The van der Waals surface area contributed by atoms with Crippen LogP contribution in [0.5, 0.6) is 5.75 Å². The monoisotopic (exact) mass is 246 g/mol. The third-order valence-electron chi connectivity index (χ3n) is 1.93. The number of nitrogens with two attached hydrogens (primary N) is 1. The summed E-state index contributed by atoms with van der Waals surface area (Å²) in [5.74, 6) is -3.17. The van der Waals surface area contributed by atoms with Gasteiger partial charge in [0.15, 0.2) is 11.6 Å². The van der Waals surface area contributed by atoms with E-state index in [4.69, 9.17) is 17.3 Å². The van der Waals surface area contributed by atoms with E-state index in [1.807, 2.05) is 0 Å². The van der Waals surface area contributed by atoms with Crippen molar-refractivity contribution in [1.29, 1.82) is 0 Å². The van der Waals surface area contributed by atoms with Crippen LogP contribution in [-0.4, -0.2) is 10.3 Å². The molecule has 84 valence electrons. The molecule has 0 aliphatic heterocycles. The van der Waals surface area contributed by atoms with E-state index in [1.165, 1.54) is 0 Å². The van der Waals surface area contributed by atoms with Gasteiger partial charge in [0.2, 0.25) is 5.88 Å². The van der Waals surface area contributed by atoms with Crippen LogP contribution in [0.3, 0.4) is 0 Å². The highest BCUT2D eigenvalue weighted by Crippen LogP contribution is 2.38. The molecule has 1 aromatic carbocycles. The van der Waals surface area contributed by atoms with Crippen LogP contribution in [0.2, 0.25) is 5.02 Å². The maximum Gasteiger partial charge on any atom is 0.222 e. The number of anilines is 1. The van der Waals surface area contributed by atoms with Crippen LogP contribution in [0.15, 0.2) is 16.7 Å². The Kier molecular flexibility index (Phi) is 2.43. The zero-order valence-corrected chi connectivity index (χ0v) is 8.42. The Morgan fingerprint density at radius 3 is 2.62 bits per heavy atom. The van der Waals surface area contributed by atoms with Gasteiger partial charge in [-0.2, -0.15) is 0 Å². The predicted octanol–water partition coefficient (Wildman–Crippen LogP) is 2.56. The third kappa shape index (κ3) is 1.57. The number of nitrogen functional groups attached to an aromatic ring is 1. The molecule has 0 bridgehead atoms. The smallest absolute Gasteiger partial charge is 0.222 e. The molecule has 0 saturated heterocycles. The molecule has 0 unspecified atom stereocenters. The van der Waals surface area contributed by atoms with Gasteiger partial charge in [0.25, 0.3) is 0 Å². The van der Waals surface area contributed by atoms with Crippen LogP contribution < -0.4 is 5.73 Å². The van der Waals surface area contributed by atoms with Crippen LogP contribution in [0.1, 0.15) is 0 Å². The van der Waals surface area contributed by atoms with Crippen molar-refractivity contribution in [3.8, 4) is 17.0 Å². The average Bonchev–Trinajstić information content (AvgIpc) is 2.62. The molecular formula is C9H5ClF2N2O2. The lowest BCUT2D eigenvalue weighted by Gasteiger charge is -2.05. The van der Waals surface area contributed by atoms with Crippen LogP contribution in [-0.2, 0) is 0 Å². The van der Waals surface area contributed by atoms with Crippen LogP contribution in [0, 0.1) is 11.6 Å². The Labute approximate surface area is 93.2 Å². The molecule has 2 rings (SSSR count). The maximum atomic E-state index is 13.4. The predicted molar refractivity (Wildman–Crippen MR) is 52.9 cm³/mol. The summed E-state index contributed by atoms with van der Waals surface area (Å²) in [7, 11) is 0. The Morgan fingerprint density at radius 2 is 2.06 bits per heavy atom. The fourth-order valence-corrected chi connectivity index (χ4v) is 1.42. The highest BCUT2D eigenvalue weighted by atomic mass is 35.5. The summed E-state index contributed by atoms with van der Waals surface area (Å²) < 4.78 is 31.0. The van der Waals surface area contributed by atoms with Crippen LogP contribution in [0.4, 0.5) is 14.7 Å². The molecule has 0 spiro atoms. The van der Waals surface area contributed by atoms with Crippen molar-refractivity contribution in [3.05, 3.63) is 28.8 Å². The lowest BCUT2D eigenvalue weighted by atomic mass is 10.1. The van der Waals surface area contributed by atoms with Crippen molar-refractivity contribution in [2.45, 2.75) is 0 Å². The van der Waals surface area contributed by atoms with E-state index in [2.05, 4.69) is 9.68 Å². The highest BCUT2D eigenvalue weighted by molar-refractivity contribution is 6.32. The lowest BCUT2D eigenvalue weighted by Crippen LogP contribution is -1.91. The third-order valence-corrected chi connectivity index (χ3v) is 2.22. The molecule has 2 aromatic rings. The van der Waals surface area contributed by atoms with E-state index < -0.39 is 22.9 Å². The summed E-state index contributed by atoms with van der Waals surface area (Å²) in [5.41, 5.74) is 4.62. The first-order chi connectivity index (χ1) is 7.50. The SMILES string of the molecule is Nc1cc(-c2c(O)c(Cl)cc(F)c2F)no1. The molecule has 0 aliphatic rings. The minimum Gasteiger partial charge on any atom is -0.506 e. The standard InChI is InChI=1S/C9H5ClF2N2O2/c10-3-1-4(11)8(12)7(9(3)15)5-2-6(13)16-14-5/h1-2,15H,13H2. The highest BCUT2D eigenvalue weighted by Gasteiger charge is 2.21. The molecule has 4 nitrogen and oxygen atoms in total. The molecule has 0 saturated carbocycles. The van der Waals surface area contributed by atoms with E-state index in [0.29, 0.717) is 6.07 Å². The minimum atomic E-state index is -1.27. The maximum absolute atomic E-state index is 13.4. The molecule has 0 amide bonds. The fourth-order valence-electron chi connectivity index (χ4n) is 1.23. The second-order valence-electron chi connectivity index (χ2n) is 2.99.